The number of benzene rings is 1. The first-order valence-electron chi connectivity index (χ1n) is 9.27. The van der Waals surface area contributed by atoms with Gasteiger partial charge in [-0.25, -0.2) is 4.68 Å². The molecule has 4 rings (SSSR count). The van der Waals surface area contributed by atoms with Crippen molar-refractivity contribution < 1.29 is 4.79 Å². The second kappa shape index (κ2) is 8.18. The lowest BCUT2D eigenvalue weighted by Crippen LogP contribution is -2.37. The van der Waals surface area contributed by atoms with Gasteiger partial charge in [0.05, 0.1) is 17.8 Å². The second-order valence-corrected chi connectivity index (χ2v) is 7.84. The van der Waals surface area contributed by atoms with E-state index in [4.69, 9.17) is 0 Å². The summed E-state index contributed by atoms with van der Waals surface area (Å²) in [6.45, 7) is 2.83. The summed E-state index contributed by atoms with van der Waals surface area (Å²) >= 11 is 1.41. The van der Waals surface area contributed by atoms with Crippen molar-refractivity contribution >= 4 is 17.7 Å². The molecule has 8 heteroatoms. The number of carbonyl (C=O) groups excluding carboxylic acids is 1. The normalized spacial score (nSPS) is 18.8. The lowest BCUT2D eigenvalue weighted by molar-refractivity contribution is -0.118. The van der Waals surface area contributed by atoms with Gasteiger partial charge in [0.25, 0.3) is 0 Å². The van der Waals surface area contributed by atoms with Gasteiger partial charge in [0, 0.05) is 6.54 Å². The molecule has 0 spiro atoms. The summed E-state index contributed by atoms with van der Waals surface area (Å²) in [6.07, 6.45) is 4.71. The van der Waals surface area contributed by atoms with Crippen LogP contribution in [0.2, 0.25) is 0 Å². The van der Waals surface area contributed by atoms with E-state index < -0.39 is 0 Å². The fourth-order valence-electron chi connectivity index (χ4n) is 3.41. The van der Waals surface area contributed by atoms with Gasteiger partial charge in [-0.3, -0.25) is 9.69 Å². The van der Waals surface area contributed by atoms with Gasteiger partial charge in [-0.15, -0.1) is 5.10 Å². The minimum Gasteiger partial charge on any atom is -0.353 e. The third kappa shape index (κ3) is 4.24. The summed E-state index contributed by atoms with van der Waals surface area (Å²) in [5, 5.41) is 15.6. The molecule has 1 aliphatic carbocycles. The Morgan fingerprint density at radius 3 is 2.73 bits per heavy atom. The van der Waals surface area contributed by atoms with E-state index in [1.807, 2.05) is 10.7 Å². The third-order valence-electron chi connectivity index (χ3n) is 4.95. The van der Waals surface area contributed by atoms with E-state index in [1.165, 1.54) is 30.2 Å². The number of tetrazole rings is 1. The maximum absolute atomic E-state index is 12.4. The summed E-state index contributed by atoms with van der Waals surface area (Å²) < 4.78 is 1.84. The summed E-state index contributed by atoms with van der Waals surface area (Å²) in [7, 11) is 0. The Kier molecular flexibility index (Phi) is 5.50. The van der Waals surface area contributed by atoms with E-state index >= 15 is 0 Å². The fraction of sp³-hybridized carbons (Fsp3) is 0.556. The molecule has 2 heterocycles. The summed E-state index contributed by atoms with van der Waals surface area (Å²) in [6, 6.07) is 11.1. The highest BCUT2D eigenvalue weighted by Gasteiger charge is 2.28. The van der Waals surface area contributed by atoms with Gasteiger partial charge >= 0.3 is 0 Å². The zero-order valence-corrected chi connectivity index (χ0v) is 15.6. The lowest BCUT2D eigenvalue weighted by Gasteiger charge is -2.28. The van der Waals surface area contributed by atoms with Crippen molar-refractivity contribution in [1.29, 1.82) is 0 Å². The van der Waals surface area contributed by atoms with E-state index in [0.717, 1.165) is 31.1 Å². The minimum atomic E-state index is 0.0282. The fourth-order valence-corrected chi connectivity index (χ4v) is 4.18. The van der Waals surface area contributed by atoms with Crippen molar-refractivity contribution in [1.82, 2.24) is 30.4 Å². The quantitative estimate of drug-likeness (QED) is 0.715. The molecule has 7 nitrogen and oxygen atoms in total. The first-order chi connectivity index (χ1) is 12.8. The van der Waals surface area contributed by atoms with Gasteiger partial charge in [0.1, 0.15) is 0 Å². The number of carbonyl (C=O) groups is 1. The number of aromatic nitrogens is 4. The summed E-state index contributed by atoms with van der Waals surface area (Å²) in [5.41, 5.74) is 1.26. The van der Waals surface area contributed by atoms with E-state index in [2.05, 4.69) is 50.0 Å². The number of hydrogen-bond acceptors (Lipinski definition) is 6. The maximum atomic E-state index is 12.4. The predicted octanol–water partition coefficient (Wildman–Crippen LogP) is 2.05. The van der Waals surface area contributed by atoms with Crippen LogP contribution in [0, 0.1) is 0 Å². The van der Waals surface area contributed by atoms with Crippen LogP contribution < -0.4 is 5.32 Å². The Morgan fingerprint density at radius 2 is 2.00 bits per heavy atom. The third-order valence-corrected chi connectivity index (χ3v) is 5.88. The van der Waals surface area contributed by atoms with Crippen LogP contribution in [0.1, 0.15) is 43.3 Å². The first kappa shape index (κ1) is 17.5. The smallest absolute Gasteiger partial charge is 0.230 e. The van der Waals surface area contributed by atoms with Gasteiger partial charge in [-0.05, 0) is 54.8 Å². The number of thioether (sulfide) groups is 1. The molecular formula is C18H24N6OS. The molecule has 2 aliphatic rings. The van der Waals surface area contributed by atoms with Crippen LogP contribution in [-0.2, 0) is 4.79 Å². The highest BCUT2D eigenvalue weighted by atomic mass is 32.2. The average Bonchev–Trinajstić information content (AvgIpc) is 3.17. The number of amides is 1. The van der Waals surface area contributed by atoms with E-state index in [9.17, 15) is 4.79 Å². The Hall–Kier alpha value is -1.93. The molecule has 1 atom stereocenters. The van der Waals surface area contributed by atoms with Crippen LogP contribution in [0.5, 0.6) is 0 Å². The molecule has 2 fully saturated rings. The average molecular weight is 372 g/mol. The molecule has 1 amide bonds. The van der Waals surface area contributed by atoms with Gasteiger partial charge in [-0.2, -0.15) is 0 Å². The van der Waals surface area contributed by atoms with Gasteiger partial charge in [0.15, 0.2) is 0 Å². The molecule has 1 saturated carbocycles. The molecule has 138 valence electrons. The zero-order valence-electron chi connectivity index (χ0n) is 14.8. The van der Waals surface area contributed by atoms with Gasteiger partial charge in [0.2, 0.25) is 11.1 Å². The van der Waals surface area contributed by atoms with Crippen LogP contribution in [0.25, 0.3) is 0 Å². The number of nitrogens with zero attached hydrogens (tertiary/aromatic N) is 5. The number of nitrogens with one attached hydrogen (secondary N) is 1. The van der Waals surface area contributed by atoms with Crippen LogP contribution >= 0.6 is 11.8 Å². The van der Waals surface area contributed by atoms with E-state index in [0.29, 0.717) is 18.3 Å². The van der Waals surface area contributed by atoms with Gasteiger partial charge < -0.3 is 5.32 Å². The van der Waals surface area contributed by atoms with Crippen LogP contribution in [0.3, 0.4) is 0 Å². The Balaban J connectivity index is 1.31. The Bertz CT molecular complexity index is 726. The van der Waals surface area contributed by atoms with Crippen LogP contribution in [0.4, 0.5) is 0 Å². The SMILES string of the molecule is O=C(CSc1nnnn1C1CC1)NCC(c1ccccc1)N1CCCC1. The standard InChI is InChI=1S/C18H24N6OS/c25-17(13-26-18-20-21-22-24(18)15-8-9-15)19-12-16(23-10-4-5-11-23)14-6-2-1-3-7-14/h1-3,6-7,15-16H,4-5,8-13H2,(H,19,25). The second-order valence-electron chi connectivity index (χ2n) is 6.90. The predicted molar refractivity (Wildman–Crippen MR) is 99.8 cm³/mol. The number of likely N-dealkylation sites (tertiary alicyclic amines) is 1. The maximum Gasteiger partial charge on any atom is 0.230 e. The van der Waals surface area contributed by atoms with E-state index in [-0.39, 0.29) is 11.9 Å². The molecule has 1 aromatic carbocycles. The van der Waals surface area contributed by atoms with Crippen molar-refractivity contribution in [2.45, 2.75) is 42.9 Å². The molecule has 26 heavy (non-hydrogen) atoms. The van der Waals surface area contributed by atoms with Crippen LogP contribution in [-0.4, -0.2) is 56.4 Å². The van der Waals surface area contributed by atoms with Crippen molar-refractivity contribution in [2.24, 2.45) is 0 Å². The highest BCUT2D eigenvalue weighted by Crippen LogP contribution is 2.36. The number of hydrogen-bond donors (Lipinski definition) is 1. The first-order valence-corrected chi connectivity index (χ1v) is 10.3. The molecule has 1 aromatic heterocycles. The highest BCUT2D eigenvalue weighted by molar-refractivity contribution is 7.99. The monoisotopic (exact) mass is 372 g/mol. The summed E-state index contributed by atoms with van der Waals surface area (Å²) in [4.78, 5) is 14.8. The Labute approximate surface area is 157 Å². The zero-order chi connectivity index (χ0) is 17.8. The van der Waals surface area contributed by atoms with E-state index in [1.54, 1.807) is 0 Å². The molecule has 1 saturated heterocycles. The van der Waals surface area contributed by atoms with Crippen molar-refractivity contribution in [3.63, 3.8) is 0 Å². The number of rotatable bonds is 8. The topological polar surface area (TPSA) is 75.9 Å². The molecule has 0 bridgehead atoms. The van der Waals surface area contributed by atoms with Crippen molar-refractivity contribution in [3.8, 4) is 0 Å². The van der Waals surface area contributed by atoms with Gasteiger partial charge in [-0.1, -0.05) is 42.1 Å². The lowest BCUT2D eigenvalue weighted by atomic mass is 10.1. The molecular weight excluding hydrogens is 348 g/mol. The Morgan fingerprint density at radius 1 is 1.23 bits per heavy atom. The molecule has 2 aromatic rings. The minimum absolute atomic E-state index is 0.0282. The molecule has 1 aliphatic heterocycles. The van der Waals surface area contributed by atoms with Crippen LogP contribution in [0.15, 0.2) is 35.5 Å². The summed E-state index contributed by atoms with van der Waals surface area (Å²) in [5.74, 6) is 0.370. The molecule has 0 radical (unpaired) electrons. The van der Waals surface area contributed by atoms with Crippen molar-refractivity contribution in [2.75, 3.05) is 25.4 Å². The molecule has 1 N–H and O–H groups in total. The molecule has 1 unspecified atom stereocenters. The van der Waals surface area contributed by atoms with Crippen molar-refractivity contribution in [3.05, 3.63) is 35.9 Å². The largest absolute Gasteiger partial charge is 0.353 e.